The Morgan fingerprint density at radius 2 is 2.15 bits per heavy atom. The van der Waals surface area contributed by atoms with Crippen LogP contribution in [0.25, 0.3) is 0 Å². The minimum Gasteiger partial charge on any atom is -0.386 e. The van der Waals surface area contributed by atoms with Gasteiger partial charge >= 0.3 is 0 Å². The summed E-state index contributed by atoms with van der Waals surface area (Å²) in [6, 6.07) is 5.66. The Morgan fingerprint density at radius 3 is 2.80 bits per heavy atom. The maximum Gasteiger partial charge on any atom is 0.188 e. The summed E-state index contributed by atoms with van der Waals surface area (Å²) in [7, 11) is 0. The molecule has 0 spiro atoms. The van der Waals surface area contributed by atoms with Crippen LogP contribution >= 0.6 is 0 Å². The molecule has 0 aromatic heterocycles. The average Bonchev–Trinajstić information content (AvgIpc) is 2.45. The predicted molar refractivity (Wildman–Crippen MR) is 77.0 cm³/mol. The molecule has 0 amide bonds. The van der Waals surface area contributed by atoms with Gasteiger partial charge in [0.2, 0.25) is 0 Å². The molecule has 0 aliphatic rings. The van der Waals surface area contributed by atoms with E-state index in [2.05, 4.69) is 10.3 Å². The third kappa shape index (κ3) is 6.49. The lowest BCUT2D eigenvalue weighted by Gasteiger charge is -2.10. The molecule has 0 aliphatic carbocycles. The first kappa shape index (κ1) is 16.4. The summed E-state index contributed by atoms with van der Waals surface area (Å²) < 4.78 is 17.9. The van der Waals surface area contributed by atoms with Crippen molar-refractivity contribution < 1.29 is 14.2 Å². The van der Waals surface area contributed by atoms with Crippen LogP contribution in [0.15, 0.2) is 29.3 Å². The molecule has 0 radical (unpaired) electrons. The molecule has 0 heterocycles. The number of hydrogen-bond donors (Lipinski definition) is 3. The maximum absolute atomic E-state index is 12.7. The molecule has 1 unspecified atom stereocenters. The molecule has 112 valence electrons. The number of benzene rings is 1. The fourth-order valence-electron chi connectivity index (χ4n) is 1.57. The van der Waals surface area contributed by atoms with Crippen molar-refractivity contribution in [1.82, 2.24) is 5.32 Å². The minimum absolute atomic E-state index is 0.135. The van der Waals surface area contributed by atoms with Gasteiger partial charge in [-0.1, -0.05) is 12.1 Å². The average molecular weight is 283 g/mol. The molecule has 1 aromatic carbocycles. The van der Waals surface area contributed by atoms with Gasteiger partial charge in [0.15, 0.2) is 5.96 Å². The van der Waals surface area contributed by atoms with E-state index < -0.39 is 6.10 Å². The molecule has 4 N–H and O–H groups in total. The van der Waals surface area contributed by atoms with Crippen LogP contribution in [0.5, 0.6) is 0 Å². The number of ether oxygens (including phenoxy) is 1. The number of nitrogens with zero attached hydrogens (tertiary/aromatic N) is 1. The highest BCUT2D eigenvalue weighted by molar-refractivity contribution is 5.77. The number of aliphatic hydroxyl groups is 1. The molecule has 5 nitrogen and oxygen atoms in total. The van der Waals surface area contributed by atoms with Gasteiger partial charge in [0, 0.05) is 19.8 Å². The molecule has 0 saturated heterocycles. The summed E-state index contributed by atoms with van der Waals surface area (Å²) in [5, 5.41) is 12.8. The molecular weight excluding hydrogens is 261 g/mol. The number of hydrogen-bond acceptors (Lipinski definition) is 3. The molecule has 1 aromatic rings. The van der Waals surface area contributed by atoms with E-state index in [4.69, 9.17) is 10.5 Å². The van der Waals surface area contributed by atoms with Crippen molar-refractivity contribution in [2.45, 2.75) is 19.4 Å². The molecular formula is C14H22FN3O2. The number of guanidine groups is 1. The first-order chi connectivity index (χ1) is 9.63. The monoisotopic (exact) mass is 283 g/mol. The maximum atomic E-state index is 12.7. The normalized spacial score (nSPS) is 13.2. The second-order valence-corrected chi connectivity index (χ2v) is 4.27. The molecule has 0 saturated carbocycles. The summed E-state index contributed by atoms with van der Waals surface area (Å²) in [6.45, 7) is 4.13. The van der Waals surface area contributed by atoms with Gasteiger partial charge in [-0.05, 0) is 31.0 Å². The summed E-state index contributed by atoms with van der Waals surface area (Å²) in [6.07, 6.45) is 0.0456. The lowest BCUT2D eigenvalue weighted by atomic mass is 10.1. The van der Waals surface area contributed by atoms with Gasteiger partial charge in [0.1, 0.15) is 5.82 Å². The molecule has 1 atom stereocenters. The van der Waals surface area contributed by atoms with E-state index in [1.165, 1.54) is 24.3 Å². The summed E-state index contributed by atoms with van der Waals surface area (Å²) >= 11 is 0. The highest BCUT2D eigenvalue weighted by atomic mass is 19.1. The topological polar surface area (TPSA) is 79.9 Å². The number of aliphatic imine (C=N–C) groups is 1. The number of nitrogens with two attached hydrogens (primary N) is 1. The van der Waals surface area contributed by atoms with E-state index in [1.807, 2.05) is 6.92 Å². The number of rotatable bonds is 8. The van der Waals surface area contributed by atoms with Crippen molar-refractivity contribution in [2.24, 2.45) is 10.7 Å². The quantitative estimate of drug-likeness (QED) is 0.380. The molecule has 1 rings (SSSR count). The smallest absolute Gasteiger partial charge is 0.188 e. The predicted octanol–water partition coefficient (Wildman–Crippen LogP) is 1.19. The molecule has 0 aliphatic heterocycles. The Balaban J connectivity index is 2.29. The minimum atomic E-state index is -0.792. The standard InChI is InChI=1S/C14H22FN3O2/c1-2-20-9-3-8-17-14(16)18-10-13(19)11-4-6-12(15)7-5-11/h4-7,13,19H,2-3,8-10H2,1H3,(H3,16,17,18). The Labute approximate surface area is 118 Å². The Bertz CT molecular complexity index is 409. The zero-order valence-corrected chi connectivity index (χ0v) is 11.7. The van der Waals surface area contributed by atoms with Gasteiger partial charge in [-0.15, -0.1) is 0 Å². The van der Waals surface area contributed by atoms with Crippen LogP contribution in [0.4, 0.5) is 4.39 Å². The van der Waals surface area contributed by atoms with Crippen LogP contribution < -0.4 is 11.1 Å². The fourth-order valence-corrected chi connectivity index (χ4v) is 1.57. The van der Waals surface area contributed by atoms with Crippen LogP contribution in [0.1, 0.15) is 25.0 Å². The van der Waals surface area contributed by atoms with Crippen molar-refractivity contribution in [2.75, 3.05) is 26.3 Å². The van der Waals surface area contributed by atoms with E-state index in [0.29, 0.717) is 25.3 Å². The first-order valence-electron chi connectivity index (χ1n) is 6.68. The third-order valence-electron chi connectivity index (χ3n) is 2.67. The highest BCUT2D eigenvalue weighted by Gasteiger charge is 2.06. The van der Waals surface area contributed by atoms with Crippen LogP contribution in [0.3, 0.4) is 0 Å². The van der Waals surface area contributed by atoms with Crippen LogP contribution in [-0.4, -0.2) is 37.4 Å². The van der Waals surface area contributed by atoms with Gasteiger partial charge in [-0.2, -0.15) is 0 Å². The van der Waals surface area contributed by atoms with E-state index in [0.717, 1.165) is 6.42 Å². The van der Waals surface area contributed by atoms with Crippen molar-refractivity contribution >= 4 is 5.96 Å². The molecule has 0 bridgehead atoms. The number of halogens is 1. The Kier molecular flexibility index (Phi) is 7.60. The van der Waals surface area contributed by atoms with E-state index in [1.54, 1.807) is 0 Å². The van der Waals surface area contributed by atoms with Crippen LogP contribution in [0.2, 0.25) is 0 Å². The highest BCUT2D eigenvalue weighted by Crippen LogP contribution is 2.13. The van der Waals surface area contributed by atoms with Gasteiger partial charge in [-0.25, -0.2) is 4.39 Å². The van der Waals surface area contributed by atoms with E-state index in [9.17, 15) is 9.50 Å². The Morgan fingerprint density at radius 1 is 1.45 bits per heavy atom. The summed E-state index contributed by atoms with van der Waals surface area (Å²) in [4.78, 5) is 4.04. The van der Waals surface area contributed by atoms with E-state index >= 15 is 0 Å². The van der Waals surface area contributed by atoms with Crippen molar-refractivity contribution in [1.29, 1.82) is 0 Å². The van der Waals surface area contributed by atoms with Crippen LogP contribution in [-0.2, 0) is 4.74 Å². The van der Waals surface area contributed by atoms with Gasteiger partial charge in [-0.3, -0.25) is 4.99 Å². The van der Waals surface area contributed by atoms with Gasteiger partial charge < -0.3 is 20.9 Å². The van der Waals surface area contributed by atoms with Gasteiger partial charge in [0.05, 0.1) is 12.6 Å². The van der Waals surface area contributed by atoms with Gasteiger partial charge in [0.25, 0.3) is 0 Å². The number of aliphatic hydroxyl groups excluding tert-OH is 1. The lowest BCUT2D eigenvalue weighted by molar-refractivity contribution is 0.145. The van der Waals surface area contributed by atoms with Crippen LogP contribution in [0, 0.1) is 5.82 Å². The molecule has 0 fully saturated rings. The van der Waals surface area contributed by atoms with Crippen molar-refractivity contribution in [3.05, 3.63) is 35.6 Å². The van der Waals surface area contributed by atoms with Crippen molar-refractivity contribution in [3.63, 3.8) is 0 Å². The fraction of sp³-hybridized carbons (Fsp3) is 0.500. The zero-order valence-electron chi connectivity index (χ0n) is 11.7. The SMILES string of the molecule is CCOCCCNC(N)=NCC(O)c1ccc(F)cc1. The summed E-state index contributed by atoms with van der Waals surface area (Å²) in [5.74, 6) is -0.0532. The van der Waals surface area contributed by atoms with E-state index in [-0.39, 0.29) is 18.3 Å². The second kappa shape index (κ2) is 9.28. The second-order valence-electron chi connectivity index (χ2n) is 4.27. The van der Waals surface area contributed by atoms with Crippen molar-refractivity contribution in [3.8, 4) is 0 Å². The first-order valence-corrected chi connectivity index (χ1v) is 6.68. The largest absolute Gasteiger partial charge is 0.386 e. The molecule has 20 heavy (non-hydrogen) atoms. The third-order valence-corrected chi connectivity index (χ3v) is 2.67. The Hall–Kier alpha value is -1.66. The summed E-state index contributed by atoms with van der Waals surface area (Å²) in [5.41, 5.74) is 6.28. The molecule has 6 heteroatoms. The number of nitrogens with one attached hydrogen (secondary N) is 1. The lowest BCUT2D eigenvalue weighted by Crippen LogP contribution is -2.33. The zero-order chi connectivity index (χ0) is 14.8.